The van der Waals surface area contributed by atoms with E-state index < -0.39 is 5.97 Å². The van der Waals surface area contributed by atoms with Gasteiger partial charge < -0.3 is 10.1 Å². The first kappa shape index (κ1) is 16.0. The van der Waals surface area contributed by atoms with Crippen LogP contribution >= 0.6 is 11.6 Å². The monoisotopic (exact) mass is 339 g/mol. The van der Waals surface area contributed by atoms with Crippen LogP contribution in [0, 0.1) is 6.92 Å². The zero-order valence-corrected chi connectivity index (χ0v) is 13.6. The second-order valence-corrected chi connectivity index (χ2v) is 5.53. The summed E-state index contributed by atoms with van der Waals surface area (Å²) >= 11 is 5.80. The molecule has 0 bridgehead atoms. The first-order valence-corrected chi connectivity index (χ1v) is 7.61. The number of benzene rings is 2. The molecule has 3 aromatic rings. The number of aromatic nitrogens is 2. The maximum Gasteiger partial charge on any atom is 0.343 e. The van der Waals surface area contributed by atoms with E-state index in [0.717, 1.165) is 11.4 Å². The molecule has 0 saturated carbocycles. The zero-order chi connectivity index (χ0) is 16.9. The number of rotatable bonds is 4. The minimum atomic E-state index is -0.432. The quantitative estimate of drug-likeness (QED) is 0.563. The molecule has 0 amide bonds. The Bertz CT molecular complexity index is 849. The van der Waals surface area contributed by atoms with Crippen molar-refractivity contribution >= 4 is 29.1 Å². The molecule has 0 saturated heterocycles. The molecule has 1 N–H and O–H groups in total. The Labute approximate surface area is 144 Å². The Balaban J connectivity index is 1.66. The van der Waals surface area contributed by atoms with Crippen molar-refractivity contribution in [2.45, 2.75) is 6.92 Å². The number of aryl methyl sites for hydroxylation is 1. The Kier molecular flexibility index (Phi) is 4.72. The lowest BCUT2D eigenvalue weighted by Gasteiger charge is -2.08. The highest BCUT2D eigenvalue weighted by Gasteiger charge is 2.08. The molecule has 5 nitrogen and oxygen atoms in total. The van der Waals surface area contributed by atoms with Crippen molar-refractivity contribution in [3.05, 3.63) is 77.2 Å². The number of nitrogens with zero attached hydrogens (tertiary/aromatic N) is 2. The molecule has 0 aliphatic carbocycles. The number of carbonyl (C=O) groups excluding carboxylic acids is 1. The molecule has 0 spiro atoms. The van der Waals surface area contributed by atoms with Gasteiger partial charge >= 0.3 is 5.97 Å². The summed E-state index contributed by atoms with van der Waals surface area (Å²) in [5.74, 6) is 0.728. The Morgan fingerprint density at radius 3 is 2.42 bits per heavy atom. The van der Waals surface area contributed by atoms with Crippen LogP contribution in [0.15, 0.2) is 60.9 Å². The van der Waals surface area contributed by atoms with Gasteiger partial charge in [-0.2, -0.15) is 0 Å². The summed E-state index contributed by atoms with van der Waals surface area (Å²) in [4.78, 5) is 20.2. The minimum absolute atomic E-state index is 0.432. The van der Waals surface area contributed by atoms with Gasteiger partial charge in [0.15, 0.2) is 0 Å². The first-order chi connectivity index (χ1) is 11.6. The van der Waals surface area contributed by atoms with E-state index in [-0.39, 0.29) is 0 Å². The molecule has 0 aliphatic heterocycles. The molecule has 1 heterocycles. The zero-order valence-electron chi connectivity index (χ0n) is 12.9. The maximum absolute atomic E-state index is 12.0. The number of esters is 1. The van der Waals surface area contributed by atoms with Gasteiger partial charge in [-0.25, -0.2) is 14.8 Å². The molecule has 0 radical (unpaired) electrons. The summed E-state index contributed by atoms with van der Waals surface area (Å²) in [6, 6.07) is 15.4. The summed E-state index contributed by atoms with van der Waals surface area (Å²) in [5.41, 5.74) is 2.15. The van der Waals surface area contributed by atoms with E-state index in [2.05, 4.69) is 15.3 Å². The summed E-state index contributed by atoms with van der Waals surface area (Å²) in [7, 11) is 0. The van der Waals surface area contributed by atoms with Crippen LogP contribution in [-0.4, -0.2) is 15.9 Å². The summed E-state index contributed by atoms with van der Waals surface area (Å²) in [6.07, 6.45) is 1.50. The van der Waals surface area contributed by atoms with Crippen LogP contribution in [0.25, 0.3) is 0 Å². The number of ether oxygens (including phenoxy) is 1. The van der Waals surface area contributed by atoms with E-state index in [1.807, 2.05) is 25.1 Å². The molecular weight excluding hydrogens is 326 g/mol. The van der Waals surface area contributed by atoms with Gasteiger partial charge in [-0.1, -0.05) is 11.6 Å². The average Bonchev–Trinajstić information content (AvgIpc) is 2.57. The molecule has 120 valence electrons. The van der Waals surface area contributed by atoms with Crippen LogP contribution in [0.3, 0.4) is 0 Å². The Morgan fingerprint density at radius 2 is 1.75 bits per heavy atom. The normalized spacial score (nSPS) is 10.2. The van der Waals surface area contributed by atoms with Crippen LogP contribution in [0.2, 0.25) is 5.02 Å². The largest absolute Gasteiger partial charge is 0.423 e. The third kappa shape index (κ3) is 4.08. The molecule has 2 aromatic carbocycles. The van der Waals surface area contributed by atoms with Crippen molar-refractivity contribution in [3.63, 3.8) is 0 Å². The standard InChI is InChI=1S/C18H14ClN3O2/c1-12-10-17(21-11-20-12)22-15-6-8-16(9-7-15)24-18(23)13-2-4-14(19)5-3-13/h2-11H,1H3,(H,20,21,22). The van der Waals surface area contributed by atoms with Crippen molar-refractivity contribution in [3.8, 4) is 5.75 Å². The van der Waals surface area contributed by atoms with E-state index in [4.69, 9.17) is 16.3 Å². The second kappa shape index (κ2) is 7.10. The highest BCUT2D eigenvalue weighted by molar-refractivity contribution is 6.30. The molecule has 3 rings (SSSR count). The van der Waals surface area contributed by atoms with Gasteiger partial charge in [0.2, 0.25) is 0 Å². The molecular formula is C18H14ClN3O2. The first-order valence-electron chi connectivity index (χ1n) is 7.24. The van der Waals surface area contributed by atoms with Gasteiger partial charge in [0, 0.05) is 22.5 Å². The molecule has 0 atom stereocenters. The summed E-state index contributed by atoms with van der Waals surface area (Å²) in [6.45, 7) is 1.90. The Morgan fingerprint density at radius 1 is 1.04 bits per heavy atom. The van der Waals surface area contributed by atoms with Gasteiger partial charge in [-0.15, -0.1) is 0 Å². The fourth-order valence-corrected chi connectivity index (χ4v) is 2.16. The number of carbonyl (C=O) groups is 1. The molecule has 1 aromatic heterocycles. The van der Waals surface area contributed by atoms with E-state index in [9.17, 15) is 4.79 Å². The topological polar surface area (TPSA) is 64.1 Å². The third-order valence-corrected chi connectivity index (χ3v) is 3.47. The van der Waals surface area contributed by atoms with Crippen LogP contribution in [-0.2, 0) is 0 Å². The predicted molar refractivity (Wildman–Crippen MR) is 92.9 cm³/mol. The van der Waals surface area contributed by atoms with E-state index in [1.165, 1.54) is 6.33 Å². The Hall–Kier alpha value is -2.92. The van der Waals surface area contributed by atoms with Crippen molar-refractivity contribution < 1.29 is 9.53 Å². The van der Waals surface area contributed by atoms with Crippen LogP contribution in [0.5, 0.6) is 5.75 Å². The SMILES string of the molecule is Cc1cc(Nc2ccc(OC(=O)c3ccc(Cl)cc3)cc2)ncn1. The van der Waals surface area contributed by atoms with Crippen molar-refractivity contribution in [1.82, 2.24) is 9.97 Å². The van der Waals surface area contributed by atoms with Gasteiger partial charge in [-0.05, 0) is 55.5 Å². The second-order valence-electron chi connectivity index (χ2n) is 5.09. The molecule has 0 fully saturated rings. The number of hydrogen-bond acceptors (Lipinski definition) is 5. The van der Waals surface area contributed by atoms with E-state index in [1.54, 1.807) is 36.4 Å². The number of anilines is 2. The molecule has 6 heteroatoms. The molecule has 24 heavy (non-hydrogen) atoms. The van der Waals surface area contributed by atoms with Gasteiger partial charge in [0.25, 0.3) is 0 Å². The van der Waals surface area contributed by atoms with Crippen molar-refractivity contribution in [2.75, 3.05) is 5.32 Å². The molecule has 0 unspecified atom stereocenters. The number of hydrogen-bond donors (Lipinski definition) is 1. The van der Waals surface area contributed by atoms with Gasteiger partial charge in [-0.3, -0.25) is 0 Å². The lowest BCUT2D eigenvalue weighted by atomic mass is 10.2. The predicted octanol–water partition coefficient (Wildman–Crippen LogP) is 4.40. The molecule has 0 aliphatic rings. The van der Waals surface area contributed by atoms with Gasteiger partial charge in [0.1, 0.15) is 17.9 Å². The highest BCUT2D eigenvalue weighted by atomic mass is 35.5. The lowest BCUT2D eigenvalue weighted by Crippen LogP contribution is -2.08. The van der Waals surface area contributed by atoms with Crippen molar-refractivity contribution in [2.24, 2.45) is 0 Å². The minimum Gasteiger partial charge on any atom is -0.423 e. The van der Waals surface area contributed by atoms with E-state index >= 15 is 0 Å². The van der Waals surface area contributed by atoms with E-state index in [0.29, 0.717) is 22.2 Å². The smallest absolute Gasteiger partial charge is 0.343 e. The van der Waals surface area contributed by atoms with Gasteiger partial charge in [0.05, 0.1) is 5.56 Å². The van der Waals surface area contributed by atoms with Crippen LogP contribution in [0.1, 0.15) is 16.1 Å². The average molecular weight is 340 g/mol. The van der Waals surface area contributed by atoms with Crippen LogP contribution < -0.4 is 10.1 Å². The highest BCUT2D eigenvalue weighted by Crippen LogP contribution is 2.20. The fourth-order valence-electron chi connectivity index (χ4n) is 2.03. The third-order valence-electron chi connectivity index (χ3n) is 3.22. The lowest BCUT2D eigenvalue weighted by molar-refractivity contribution is 0.0735. The maximum atomic E-state index is 12.0. The number of halogens is 1. The summed E-state index contributed by atoms with van der Waals surface area (Å²) < 4.78 is 5.33. The number of nitrogens with one attached hydrogen (secondary N) is 1. The van der Waals surface area contributed by atoms with Crippen LogP contribution in [0.4, 0.5) is 11.5 Å². The summed E-state index contributed by atoms with van der Waals surface area (Å²) in [5, 5.41) is 3.73. The van der Waals surface area contributed by atoms with Crippen molar-refractivity contribution in [1.29, 1.82) is 0 Å². The fraction of sp³-hybridized carbons (Fsp3) is 0.0556.